The number of hydrogen-bond acceptors (Lipinski definition) is 4. The third kappa shape index (κ3) is 2.96. The Hall–Kier alpha value is -1.13. The molecular weight excluding hydrogens is 250 g/mol. The van der Waals surface area contributed by atoms with E-state index in [0.717, 1.165) is 38.3 Å². The summed E-state index contributed by atoms with van der Waals surface area (Å²) in [5.41, 5.74) is 2.55. The molecule has 0 aromatic carbocycles. The lowest BCUT2D eigenvalue weighted by molar-refractivity contribution is 0.0302. The van der Waals surface area contributed by atoms with Crippen LogP contribution in [-0.2, 0) is 17.7 Å². The van der Waals surface area contributed by atoms with Gasteiger partial charge in [-0.1, -0.05) is 13.3 Å². The minimum atomic E-state index is 0.415. The SMILES string of the molecule is CCCc1cc(CNC)cc(N2CC3CCC(C2)O3)n1. The van der Waals surface area contributed by atoms with Crippen LogP contribution in [0.5, 0.6) is 0 Å². The standard InChI is InChI=1S/C16H25N3O/c1-3-4-13-7-12(9-17-2)8-16(18-13)19-10-14-5-6-15(11-19)20-14/h7-8,14-15,17H,3-6,9-11H2,1-2H3. The molecule has 0 saturated carbocycles. The number of aryl methyl sites for hydroxylation is 1. The number of aromatic nitrogens is 1. The molecule has 20 heavy (non-hydrogen) atoms. The summed E-state index contributed by atoms with van der Waals surface area (Å²) in [6, 6.07) is 4.47. The zero-order valence-electron chi connectivity index (χ0n) is 12.6. The van der Waals surface area contributed by atoms with Gasteiger partial charge in [-0.2, -0.15) is 0 Å². The lowest BCUT2D eigenvalue weighted by atomic mass is 10.1. The van der Waals surface area contributed by atoms with E-state index >= 15 is 0 Å². The molecule has 2 saturated heterocycles. The molecule has 2 atom stereocenters. The highest BCUT2D eigenvalue weighted by Gasteiger charge is 2.34. The molecule has 3 heterocycles. The minimum Gasteiger partial charge on any atom is -0.371 e. The molecule has 3 rings (SSSR count). The topological polar surface area (TPSA) is 37.4 Å². The highest BCUT2D eigenvalue weighted by Crippen LogP contribution is 2.29. The van der Waals surface area contributed by atoms with Crippen molar-refractivity contribution in [2.24, 2.45) is 0 Å². The highest BCUT2D eigenvalue weighted by atomic mass is 16.5. The number of pyridine rings is 1. The summed E-state index contributed by atoms with van der Waals surface area (Å²) in [5, 5.41) is 3.24. The van der Waals surface area contributed by atoms with Gasteiger partial charge in [0.15, 0.2) is 0 Å². The van der Waals surface area contributed by atoms with E-state index in [-0.39, 0.29) is 0 Å². The second kappa shape index (κ2) is 6.10. The van der Waals surface area contributed by atoms with Crippen LogP contribution >= 0.6 is 0 Å². The summed E-state index contributed by atoms with van der Waals surface area (Å²) in [6.07, 6.45) is 5.44. The molecule has 4 heteroatoms. The van der Waals surface area contributed by atoms with E-state index in [9.17, 15) is 0 Å². The van der Waals surface area contributed by atoms with Crippen molar-refractivity contribution in [2.45, 2.75) is 51.4 Å². The third-order valence-corrected chi connectivity index (χ3v) is 4.18. The van der Waals surface area contributed by atoms with Crippen LogP contribution in [0.1, 0.15) is 37.4 Å². The first-order valence-corrected chi connectivity index (χ1v) is 7.83. The van der Waals surface area contributed by atoms with Gasteiger partial charge in [-0.3, -0.25) is 0 Å². The lowest BCUT2D eigenvalue weighted by Crippen LogP contribution is -2.43. The van der Waals surface area contributed by atoms with E-state index in [1.165, 1.54) is 24.1 Å². The zero-order valence-corrected chi connectivity index (χ0v) is 12.6. The Morgan fingerprint density at radius 1 is 1.30 bits per heavy atom. The Labute approximate surface area is 121 Å². The van der Waals surface area contributed by atoms with Gasteiger partial charge in [-0.05, 0) is 44.0 Å². The average molecular weight is 275 g/mol. The number of ether oxygens (including phenoxy) is 1. The monoisotopic (exact) mass is 275 g/mol. The second-order valence-corrected chi connectivity index (χ2v) is 5.97. The molecule has 4 nitrogen and oxygen atoms in total. The van der Waals surface area contributed by atoms with Gasteiger partial charge in [0.05, 0.1) is 12.2 Å². The Balaban J connectivity index is 1.83. The van der Waals surface area contributed by atoms with Gasteiger partial charge < -0.3 is 15.0 Å². The van der Waals surface area contributed by atoms with Gasteiger partial charge in [0.1, 0.15) is 5.82 Å². The number of hydrogen-bond donors (Lipinski definition) is 1. The number of rotatable bonds is 5. The summed E-state index contributed by atoms with van der Waals surface area (Å²) in [6.45, 7) is 5.11. The van der Waals surface area contributed by atoms with Crippen LogP contribution in [0.3, 0.4) is 0 Å². The molecule has 2 bridgehead atoms. The van der Waals surface area contributed by atoms with E-state index in [0.29, 0.717) is 12.2 Å². The van der Waals surface area contributed by atoms with Gasteiger partial charge in [0, 0.05) is 25.3 Å². The van der Waals surface area contributed by atoms with Crippen molar-refractivity contribution in [3.8, 4) is 0 Å². The Bertz CT molecular complexity index is 427. The van der Waals surface area contributed by atoms with Crippen molar-refractivity contribution >= 4 is 5.82 Å². The average Bonchev–Trinajstić information content (AvgIpc) is 2.78. The van der Waals surface area contributed by atoms with Crippen LogP contribution in [0, 0.1) is 0 Å². The molecule has 0 radical (unpaired) electrons. The predicted molar refractivity (Wildman–Crippen MR) is 81.1 cm³/mol. The van der Waals surface area contributed by atoms with Crippen molar-refractivity contribution < 1.29 is 4.74 Å². The molecular formula is C16H25N3O. The molecule has 2 aliphatic rings. The van der Waals surface area contributed by atoms with Gasteiger partial charge in [0.25, 0.3) is 0 Å². The summed E-state index contributed by atoms with van der Waals surface area (Å²) >= 11 is 0. The molecule has 0 amide bonds. The maximum absolute atomic E-state index is 5.92. The molecule has 110 valence electrons. The maximum atomic E-state index is 5.92. The fraction of sp³-hybridized carbons (Fsp3) is 0.688. The van der Waals surface area contributed by atoms with E-state index in [1.807, 2.05) is 7.05 Å². The Morgan fingerprint density at radius 3 is 2.70 bits per heavy atom. The summed E-state index contributed by atoms with van der Waals surface area (Å²) in [5.74, 6) is 1.14. The second-order valence-electron chi connectivity index (χ2n) is 5.97. The molecule has 2 fully saturated rings. The third-order valence-electron chi connectivity index (χ3n) is 4.18. The normalized spacial score (nSPS) is 25.2. The largest absolute Gasteiger partial charge is 0.371 e. The van der Waals surface area contributed by atoms with Gasteiger partial charge in [-0.25, -0.2) is 4.98 Å². The summed E-state index contributed by atoms with van der Waals surface area (Å²) in [7, 11) is 1.99. The number of nitrogens with one attached hydrogen (secondary N) is 1. The van der Waals surface area contributed by atoms with E-state index in [2.05, 4.69) is 29.3 Å². The first-order chi connectivity index (χ1) is 9.78. The van der Waals surface area contributed by atoms with Gasteiger partial charge >= 0.3 is 0 Å². The number of nitrogens with zero attached hydrogens (tertiary/aromatic N) is 2. The maximum Gasteiger partial charge on any atom is 0.129 e. The number of fused-ring (bicyclic) bond motifs is 2. The van der Waals surface area contributed by atoms with Crippen LogP contribution in [-0.4, -0.2) is 37.3 Å². The molecule has 2 aliphatic heterocycles. The predicted octanol–water partition coefficient (Wildman–Crippen LogP) is 2.12. The lowest BCUT2D eigenvalue weighted by Gasteiger charge is -2.33. The molecule has 0 aliphatic carbocycles. The van der Waals surface area contributed by atoms with Crippen molar-refractivity contribution in [1.82, 2.24) is 10.3 Å². The van der Waals surface area contributed by atoms with Crippen LogP contribution < -0.4 is 10.2 Å². The van der Waals surface area contributed by atoms with Crippen molar-refractivity contribution in [3.63, 3.8) is 0 Å². The van der Waals surface area contributed by atoms with E-state index in [4.69, 9.17) is 9.72 Å². The van der Waals surface area contributed by atoms with Crippen LogP contribution in [0.15, 0.2) is 12.1 Å². The Morgan fingerprint density at radius 2 is 2.05 bits per heavy atom. The molecule has 1 aromatic heterocycles. The first-order valence-electron chi connectivity index (χ1n) is 7.83. The zero-order chi connectivity index (χ0) is 13.9. The van der Waals surface area contributed by atoms with Crippen molar-refractivity contribution in [2.75, 3.05) is 25.0 Å². The van der Waals surface area contributed by atoms with Gasteiger partial charge in [0.2, 0.25) is 0 Å². The van der Waals surface area contributed by atoms with E-state index < -0.39 is 0 Å². The smallest absolute Gasteiger partial charge is 0.129 e. The number of morpholine rings is 1. The van der Waals surface area contributed by atoms with Crippen LogP contribution in [0.25, 0.3) is 0 Å². The van der Waals surface area contributed by atoms with Crippen LogP contribution in [0.4, 0.5) is 5.82 Å². The molecule has 1 aromatic rings. The summed E-state index contributed by atoms with van der Waals surface area (Å²) in [4.78, 5) is 7.29. The van der Waals surface area contributed by atoms with E-state index in [1.54, 1.807) is 0 Å². The number of anilines is 1. The molecule has 0 spiro atoms. The summed E-state index contributed by atoms with van der Waals surface area (Å²) < 4.78 is 5.92. The van der Waals surface area contributed by atoms with Crippen molar-refractivity contribution in [3.05, 3.63) is 23.4 Å². The fourth-order valence-electron chi connectivity index (χ4n) is 3.29. The van der Waals surface area contributed by atoms with Gasteiger partial charge in [-0.15, -0.1) is 0 Å². The highest BCUT2D eigenvalue weighted by molar-refractivity contribution is 5.44. The Kier molecular flexibility index (Phi) is 4.22. The molecule has 1 N–H and O–H groups in total. The van der Waals surface area contributed by atoms with Crippen LogP contribution in [0.2, 0.25) is 0 Å². The molecule has 2 unspecified atom stereocenters. The quantitative estimate of drug-likeness (QED) is 0.893. The first kappa shape index (κ1) is 13.8. The fourth-order valence-corrected chi connectivity index (χ4v) is 3.29. The minimum absolute atomic E-state index is 0.415. The van der Waals surface area contributed by atoms with Crippen molar-refractivity contribution in [1.29, 1.82) is 0 Å².